The number of para-hydroxylation sites is 1. The van der Waals surface area contributed by atoms with Crippen LogP contribution in [0.4, 0.5) is 5.69 Å². The van der Waals surface area contributed by atoms with Gasteiger partial charge in [-0.25, -0.2) is 13.4 Å². The first-order chi connectivity index (χ1) is 16.3. The SMILES string of the molecule is CCc1cccc(C)c1NC(=O)CCc1nc2cc(S(=O)(=O)N3CCOCC3)ccc2n1CC. The van der Waals surface area contributed by atoms with Crippen LogP contribution in [-0.4, -0.2) is 54.5 Å². The van der Waals surface area contributed by atoms with Crippen molar-refractivity contribution in [3.8, 4) is 0 Å². The van der Waals surface area contributed by atoms with Crippen molar-refractivity contribution in [1.82, 2.24) is 13.9 Å². The van der Waals surface area contributed by atoms with Crippen LogP contribution in [-0.2, 0) is 38.9 Å². The van der Waals surface area contributed by atoms with E-state index in [9.17, 15) is 13.2 Å². The Morgan fingerprint density at radius 3 is 2.62 bits per heavy atom. The molecule has 1 N–H and O–H groups in total. The Kier molecular flexibility index (Phi) is 7.35. The Hall–Kier alpha value is -2.75. The molecule has 34 heavy (non-hydrogen) atoms. The molecule has 1 fully saturated rings. The fraction of sp³-hybridized carbons (Fsp3) is 0.440. The van der Waals surface area contributed by atoms with Crippen LogP contribution in [0.15, 0.2) is 41.3 Å². The predicted molar refractivity (Wildman–Crippen MR) is 132 cm³/mol. The van der Waals surface area contributed by atoms with E-state index in [0.29, 0.717) is 51.2 Å². The van der Waals surface area contributed by atoms with E-state index < -0.39 is 10.0 Å². The molecule has 0 bridgehead atoms. The van der Waals surface area contributed by atoms with Gasteiger partial charge in [-0.05, 0) is 49.6 Å². The van der Waals surface area contributed by atoms with Gasteiger partial charge in [0.15, 0.2) is 0 Å². The van der Waals surface area contributed by atoms with E-state index in [1.807, 2.05) is 42.7 Å². The summed E-state index contributed by atoms with van der Waals surface area (Å²) in [6.45, 7) is 8.27. The number of nitrogens with one attached hydrogen (secondary N) is 1. The van der Waals surface area contributed by atoms with Gasteiger partial charge in [0.2, 0.25) is 15.9 Å². The van der Waals surface area contributed by atoms with Crippen LogP contribution in [0, 0.1) is 6.92 Å². The molecule has 9 heteroatoms. The maximum absolute atomic E-state index is 13.0. The van der Waals surface area contributed by atoms with Crippen LogP contribution < -0.4 is 5.32 Å². The molecular formula is C25H32N4O4S. The zero-order chi connectivity index (χ0) is 24.3. The first-order valence-electron chi connectivity index (χ1n) is 11.8. The number of imidazole rings is 1. The van der Waals surface area contributed by atoms with Gasteiger partial charge < -0.3 is 14.6 Å². The van der Waals surface area contributed by atoms with E-state index >= 15 is 0 Å². The lowest BCUT2D eigenvalue weighted by molar-refractivity contribution is -0.116. The molecule has 4 rings (SSSR count). The van der Waals surface area contributed by atoms with Gasteiger partial charge in [0.05, 0.1) is 29.1 Å². The monoisotopic (exact) mass is 484 g/mol. The van der Waals surface area contributed by atoms with Crippen molar-refractivity contribution >= 4 is 32.7 Å². The normalized spacial score (nSPS) is 15.0. The van der Waals surface area contributed by atoms with Crippen molar-refractivity contribution in [2.24, 2.45) is 0 Å². The number of anilines is 1. The lowest BCUT2D eigenvalue weighted by Crippen LogP contribution is -2.40. The van der Waals surface area contributed by atoms with Crippen LogP contribution >= 0.6 is 0 Å². The number of carbonyl (C=O) groups is 1. The van der Waals surface area contributed by atoms with E-state index in [-0.39, 0.29) is 10.8 Å². The van der Waals surface area contributed by atoms with Crippen LogP contribution in [0.2, 0.25) is 0 Å². The standard InChI is InChI=1S/C25H32N4O4S/c1-4-19-8-6-7-18(3)25(19)27-24(30)12-11-23-26-21-17-20(9-10-22(21)29(23)5-2)34(31,32)28-13-15-33-16-14-28/h6-10,17H,4-5,11-16H2,1-3H3,(H,27,30). The molecule has 0 saturated carbocycles. The van der Waals surface area contributed by atoms with Gasteiger partial charge in [-0.3, -0.25) is 4.79 Å². The molecule has 1 amide bonds. The molecule has 3 aromatic rings. The third kappa shape index (κ3) is 4.87. The summed E-state index contributed by atoms with van der Waals surface area (Å²) in [5.41, 5.74) is 4.53. The Labute approximate surface area is 201 Å². The summed E-state index contributed by atoms with van der Waals surface area (Å²) in [7, 11) is -3.59. The summed E-state index contributed by atoms with van der Waals surface area (Å²) >= 11 is 0. The number of sulfonamides is 1. The lowest BCUT2D eigenvalue weighted by atomic mass is 10.1. The molecule has 2 aromatic carbocycles. The van der Waals surface area contributed by atoms with Gasteiger partial charge in [-0.15, -0.1) is 0 Å². The highest BCUT2D eigenvalue weighted by Crippen LogP contribution is 2.25. The quantitative estimate of drug-likeness (QED) is 0.528. The van der Waals surface area contributed by atoms with E-state index in [1.54, 1.807) is 12.1 Å². The van der Waals surface area contributed by atoms with Crippen LogP contribution in [0.1, 0.15) is 37.2 Å². The fourth-order valence-electron chi connectivity index (χ4n) is 4.43. The Bertz CT molecular complexity index is 1290. The van der Waals surface area contributed by atoms with Gasteiger partial charge in [0, 0.05) is 38.2 Å². The third-order valence-corrected chi connectivity index (χ3v) is 8.20. The van der Waals surface area contributed by atoms with Crippen molar-refractivity contribution in [2.75, 3.05) is 31.6 Å². The minimum atomic E-state index is -3.59. The van der Waals surface area contributed by atoms with Gasteiger partial charge in [0.25, 0.3) is 0 Å². The molecule has 0 radical (unpaired) electrons. The Morgan fingerprint density at radius 2 is 1.91 bits per heavy atom. The molecule has 182 valence electrons. The predicted octanol–water partition coefficient (Wildman–Crippen LogP) is 3.52. The van der Waals surface area contributed by atoms with Crippen LogP contribution in [0.3, 0.4) is 0 Å². The molecule has 1 aliphatic rings. The molecule has 0 unspecified atom stereocenters. The number of benzene rings is 2. The maximum Gasteiger partial charge on any atom is 0.243 e. The number of nitrogens with zero attached hydrogens (tertiary/aromatic N) is 3. The zero-order valence-electron chi connectivity index (χ0n) is 20.0. The largest absolute Gasteiger partial charge is 0.379 e. The summed E-state index contributed by atoms with van der Waals surface area (Å²) in [6, 6.07) is 11.1. The first-order valence-corrected chi connectivity index (χ1v) is 13.2. The molecule has 0 spiro atoms. The maximum atomic E-state index is 13.0. The molecule has 1 saturated heterocycles. The smallest absolute Gasteiger partial charge is 0.243 e. The summed E-state index contributed by atoms with van der Waals surface area (Å²) in [6.07, 6.45) is 1.60. The molecule has 1 aromatic heterocycles. The first kappa shape index (κ1) is 24.4. The van der Waals surface area contributed by atoms with E-state index in [2.05, 4.69) is 12.2 Å². The topological polar surface area (TPSA) is 93.5 Å². The minimum Gasteiger partial charge on any atom is -0.379 e. The molecular weight excluding hydrogens is 452 g/mol. The number of carbonyl (C=O) groups excluding carboxylic acids is 1. The summed E-state index contributed by atoms with van der Waals surface area (Å²) in [5.74, 6) is 0.711. The Morgan fingerprint density at radius 1 is 1.15 bits per heavy atom. The van der Waals surface area contributed by atoms with Gasteiger partial charge in [-0.1, -0.05) is 25.1 Å². The number of aryl methyl sites for hydroxylation is 4. The number of amides is 1. The number of morpholine rings is 1. The fourth-order valence-corrected chi connectivity index (χ4v) is 5.86. The van der Waals surface area contributed by atoms with Crippen molar-refractivity contribution < 1.29 is 17.9 Å². The van der Waals surface area contributed by atoms with Crippen LogP contribution in [0.5, 0.6) is 0 Å². The number of rotatable bonds is 8. The van der Waals surface area contributed by atoms with Crippen molar-refractivity contribution in [3.05, 3.63) is 53.3 Å². The third-order valence-electron chi connectivity index (χ3n) is 6.30. The second-order valence-electron chi connectivity index (χ2n) is 8.45. The molecule has 0 aliphatic carbocycles. The van der Waals surface area contributed by atoms with E-state index in [0.717, 1.165) is 34.6 Å². The summed E-state index contributed by atoms with van der Waals surface area (Å²) in [5, 5.41) is 3.07. The average molecular weight is 485 g/mol. The highest BCUT2D eigenvalue weighted by atomic mass is 32.2. The van der Waals surface area contributed by atoms with Crippen molar-refractivity contribution in [3.63, 3.8) is 0 Å². The zero-order valence-corrected chi connectivity index (χ0v) is 20.8. The van der Waals surface area contributed by atoms with Gasteiger partial charge in [0.1, 0.15) is 5.82 Å². The highest BCUT2D eigenvalue weighted by Gasteiger charge is 2.27. The second-order valence-corrected chi connectivity index (χ2v) is 10.4. The Balaban J connectivity index is 1.53. The highest BCUT2D eigenvalue weighted by molar-refractivity contribution is 7.89. The lowest BCUT2D eigenvalue weighted by Gasteiger charge is -2.26. The molecule has 0 atom stereocenters. The van der Waals surface area contributed by atoms with Crippen molar-refractivity contribution in [1.29, 1.82) is 0 Å². The number of aromatic nitrogens is 2. The average Bonchev–Trinajstić information content (AvgIpc) is 3.21. The van der Waals surface area contributed by atoms with Crippen molar-refractivity contribution in [2.45, 2.75) is 51.5 Å². The van der Waals surface area contributed by atoms with Gasteiger partial charge in [-0.2, -0.15) is 4.31 Å². The number of fused-ring (bicyclic) bond motifs is 1. The molecule has 1 aliphatic heterocycles. The minimum absolute atomic E-state index is 0.0608. The molecule has 2 heterocycles. The summed E-state index contributed by atoms with van der Waals surface area (Å²) in [4.78, 5) is 17.7. The van der Waals surface area contributed by atoms with E-state index in [1.165, 1.54) is 4.31 Å². The van der Waals surface area contributed by atoms with Crippen LogP contribution in [0.25, 0.3) is 11.0 Å². The number of hydrogen-bond donors (Lipinski definition) is 1. The summed E-state index contributed by atoms with van der Waals surface area (Å²) < 4.78 is 34.9. The second kappa shape index (κ2) is 10.2. The molecule has 8 nitrogen and oxygen atoms in total. The van der Waals surface area contributed by atoms with E-state index in [4.69, 9.17) is 9.72 Å². The number of ether oxygens (including phenoxy) is 1. The number of hydrogen-bond acceptors (Lipinski definition) is 5. The van der Waals surface area contributed by atoms with Gasteiger partial charge >= 0.3 is 0 Å².